The third-order valence-corrected chi connectivity index (χ3v) is 3.20. The van der Waals surface area contributed by atoms with Gasteiger partial charge in [-0.1, -0.05) is 6.07 Å². The minimum atomic E-state index is 0.463. The second kappa shape index (κ2) is 8.86. The van der Waals surface area contributed by atoms with Gasteiger partial charge in [-0.25, -0.2) is 15.0 Å². The Labute approximate surface area is 135 Å². The molecule has 8 nitrogen and oxygen atoms in total. The first-order chi connectivity index (χ1) is 11.3. The number of nitrogen functional groups attached to an aromatic ring is 1. The number of nitrogens with two attached hydrogens (primary N) is 1. The number of hydrogen-bond acceptors (Lipinski definition) is 8. The number of anilines is 4. The van der Waals surface area contributed by atoms with Gasteiger partial charge in [-0.05, 0) is 12.1 Å². The zero-order valence-electron chi connectivity index (χ0n) is 13.4. The highest BCUT2D eigenvalue weighted by Crippen LogP contribution is 2.27. The number of aromatic nitrogens is 3. The summed E-state index contributed by atoms with van der Waals surface area (Å²) in [7, 11) is 3.32. The van der Waals surface area contributed by atoms with Gasteiger partial charge >= 0.3 is 0 Å². The van der Waals surface area contributed by atoms with E-state index in [9.17, 15) is 0 Å². The largest absolute Gasteiger partial charge is 0.393 e. The van der Waals surface area contributed by atoms with Crippen molar-refractivity contribution >= 4 is 23.1 Å². The lowest BCUT2D eigenvalue weighted by molar-refractivity contribution is 0.190. The molecule has 0 aromatic carbocycles. The monoisotopic (exact) mass is 318 g/mol. The molecule has 0 saturated heterocycles. The first-order valence-corrected chi connectivity index (χ1v) is 7.27. The standard InChI is InChI=1S/C15H22N6O2/c1-22-9-7-21(8-10-23-2)15-13(16)14(18-11-19-15)20-12-5-3-4-6-17-12/h3-6,11H,7-10,16H2,1-2H3,(H,17,18,19,20). The minimum absolute atomic E-state index is 0.463. The molecule has 0 amide bonds. The van der Waals surface area contributed by atoms with E-state index in [1.807, 2.05) is 23.1 Å². The number of nitrogens with zero attached hydrogens (tertiary/aromatic N) is 4. The van der Waals surface area contributed by atoms with E-state index in [1.54, 1.807) is 20.4 Å². The van der Waals surface area contributed by atoms with Crippen molar-refractivity contribution in [1.29, 1.82) is 0 Å². The van der Waals surface area contributed by atoms with Crippen LogP contribution in [0.2, 0.25) is 0 Å². The van der Waals surface area contributed by atoms with Crippen LogP contribution in [-0.4, -0.2) is 55.5 Å². The quantitative estimate of drug-likeness (QED) is 0.714. The number of pyridine rings is 1. The molecule has 0 aliphatic carbocycles. The molecule has 0 saturated carbocycles. The van der Waals surface area contributed by atoms with Crippen molar-refractivity contribution in [2.75, 3.05) is 56.5 Å². The molecule has 8 heteroatoms. The number of rotatable bonds is 9. The zero-order valence-corrected chi connectivity index (χ0v) is 13.4. The van der Waals surface area contributed by atoms with Crippen molar-refractivity contribution in [3.8, 4) is 0 Å². The van der Waals surface area contributed by atoms with Crippen LogP contribution in [0.5, 0.6) is 0 Å². The molecule has 0 radical (unpaired) electrons. The average molecular weight is 318 g/mol. The summed E-state index contributed by atoms with van der Waals surface area (Å²) < 4.78 is 10.3. The summed E-state index contributed by atoms with van der Waals surface area (Å²) in [6, 6.07) is 5.57. The second-order valence-electron chi connectivity index (χ2n) is 4.77. The smallest absolute Gasteiger partial charge is 0.160 e. The normalized spacial score (nSPS) is 10.5. The summed E-state index contributed by atoms with van der Waals surface area (Å²) in [5.41, 5.74) is 6.70. The summed E-state index contributed by atoms with van der Waals surface area (Å²) in [4.78, 5) is 14.7. The van der Waals surface area contributed by atoms with Crippen LogP contribution in [0.1, 0.15) is 0 Å². The van der Waals surface area contributed by atoms with Crippen molar-refractivity contribution in [3.05, 3.63) is 30.7 Å². The lowest BCUT2D eigenvalue weighted by atomic mass is 10.3. The highest BCUT2D eigenvalue weighted by molar-refractivity contribution is 5.77. The Hall–Kier alpha value is -2.45. The van der Waals surface area contributed by atoms with Gasteiger partial charge in [-0.2, -0.15) is 0 Å². The predicted octanol–water partition coefficient (Wildman–Crippen LogP) is 1.30. The molecule has 0 atom stereocenters. The molecule has 0 fully saturated rings. The van der Waals surface area contributed by atoms with E-state index in [-0.39, 0.29) is 0 Å². The number of ether oxygens (including phenoxy) is 2. The van der Waals surface area contributed by atoms with Crippen LogP contribution in [0.3, 0.4) is 0 Å². The SMILES string of the molecule is COCCN(CCOC)c1ncnc(Nc2ccccn2)c1N. The van der Waals surface area contributed by atoms with E-state index in [0.29, 0.717) is 49.4 Å². The maximum Gasteiger partial charge on any atom is 0.160 e. The van der Waals surface area contributed by atoms with Crippen LogP contribution in [0.15, 0.2) is 30.7 Å². The van der Waals surface area contributed by atoms with Gasteiger partial charge in [0, 0.05) is 33.5 Å². The van der Waals surface area contributed by atoms with Crippen molar-refractivity contribution in [1.82, 2.24) is 15.0 Å². The summed E-state index contributed by atoms with van der Waals surface area (Å²) in [6.45, 7) is 2.44. The molecular weight excluding hydrogens is 296 g/mol. The van der Waals surface area contributed by atoms with E-state index < -0.39 is 0 Å². The minimum Gasteiger partial charge on any atom is -0.393 e. The Morgan fingerprint density at radius 3 is 2.43 bits per heavy atom. The lowest BCUT2D eigenvalue weighted by Crippen LogP contribution is -2.32. The van der Waals surface area contributed by atoms with Gasteiger partial charge in [0.05, 0.1) is 13.2 Å². The van der Waals surface area contributed by atoms with E-state index in [2.05, 4.69) is 20.3 Å². The molecule has 0 aliphatic rings. The topological polar surface area (TPSA) is 98.4 Å². The van der Waals surface area contributed by atoms with Gasteiger partial charge < -0.3 is 25.4 Å². The van der Waals surface area contributed by atoms with E-state index >= 15 is 0 Å². The maximum absolute atomic E-state index is 6.24. The maximum atomic E-state index is 6.24. The lowest BCUT2D eigenvalue weighted by Gasteiger charge is -2.24. The first-order valence-electron chi connectivity index (χ1n) is 7.27. The van der Waals surface area contributed by atoms with Gasteiger partial charge in [-0.3, -0.25) is 0 Å². The Balaban J connectivity index is 2.21. The molecule has 23 heavy (non-hydrogen) atoms. The second-order valence-corrected chi connectivity index (χ2v) is 4.77. The van der Waals surface area contributed by atoms with E-state index in [4.69, 9.17) is 15.2 Å². The summed E-state index contributed by atoms with van der Waals surface area (Å²) in [6.07, 6.45) is 3.17. The van der Waals surface area contributed by atoms with Gasteiger partial charge in [0.2, 0.25) is 0 Å². The third-order valence-electron chi connectivity index (χ3n) is 3.20. The Morgan fingerprint density at radius 2 is 1.83 bits per heavy atom. The Bertz CT molecular complexity index is 588. The summed E-state index contributed by atoms with van der Waals surface area (Å²) in [5.74, 6) is 1.84. The molecule has 0 aliphatic heterocycles. The Kier molecular flexibility index (Phi) is 6.52. The molecule has 124 valence electrons. The first kappa shape index (κ1) is 16.9. The molecule has 2 aromatic heterocycles. The fourth-order valence-electron chi connectivity index (χ4n) is 2.02. The van der Waals surface area contributed by atoms with Crippen LogP contribution >= 0.6 is 0 Å². The fraction of sp³-hybridized carbons (Fsp3) is 0.400. The fourth-order valence-corrected chi connectivity index (χ4v) is 2.02. The average Bonchev–Trinajstić information content (AvgIpc) is 2.58. The van der Waals surface area contributed by atoms with E-state index in [1.165, 1.54) is 6.33 Å². The van der Waals surface area contributed by atoms with Crippen molar-refractivity contribution in [2.24, 2.45) is 0 Å². The highest BCUT2D eigenvalue weighted by atomic mass is 16.5. The number of methoxy groups -OCH3 is 2. The molecule has 3 N–H and O–H groups in total. The molecule has 0 unspecified atom stereocenters. The van der Waals surface area contributed by atoms with Crippen molar-refractivity contribution < 1.29 is 9.47 Å². The molecule has 2 heterocycles. The van der Waals surface area contributed by atoms with Crippen molar-refractivity contribution in [3.63, 3.8) is 0 Å². The van der Waals surface area contributed by atoms with Gasteiger partial charge in [0.1, 0.15) is 17.8 Å². The van der Waals surface area contributed by atoms with Gasteiger partial charge in [0.25, 0.3) is 0 Å². The molecular formula is C15H22N6O2. The molecule has 2 aromatic rings. The van der Waals surface area contributed by atoms with Crippen LogP contribution in [0, 0.1) is 0 Å². The summed E-state index contributed by atoms with van der Waals surface area (Å²) >= 11 is 0. The third kappa shape index (κ3) is 4.76. The molecule has 0 bridgehead atoms. The Morgan fingerprint density at radius 1 is 1.09 bits per heavy atom. The number of nitrogens with one attached hydrogen (secondary N) is 1. The summed E-state index contributed by atoms with van der Waals surface area (Å²) in [5, 5.41) is 3.10. The highest BCUT2D eigenvalue weighted by Gasteiger charge is 2.15. The van der Waals surface area contributed by atoms with Crippen LogP contribution < -0.4 is 16.0 Å². The van der Waals surface area contributed by atoms with Gasteiger partial charge in [0.15, 0.2) is 11.6 Å². The van der Waals surface area contributed by atoms with Gasteiger partial charge in [-0.15, -0.1) is 0 Å². The van der Waals surface area contributed by atoms with Crippen molar-refractivity contribution in [2.45, 2.75) is 0 Å². The molecule has 0 spiro atoms. The molecule has 2 rings (SSSR count). The van der Waals surface area contributed by atoms with Crippen LogP contribution in [-0.2, 0) is 9.47 Å². The van der Waals surface area contributed by atoms with Crippen LogP contribution in [0.25, 0.3) is 0 Å². The number of hydrogen-bond donors (Lipinski definition) is 2. The van der Waals surface area contributed by atoms with E-state index in [0.717, 1.165) is 0 Å². The predicted molar refractivity (Wildman–Crippen MR) is 89.9 cm³/mol. The van der Waals surface area contributed by atoms with Crippen LogP contribution in [0.4, 0.5) is 23.1 Å². The zero-order chi connectivity index (χ0) is 16.5.